The van der Waals surface area contributed by atoms with Crippen LogP contribution in [0.25, 0.3) is 10.9 Å². The molecule has 0 amide bonds. The number of pyridine rings is 1. The Balaban J connectivity index is 2.73. The van der Waals surface area contributed by atoms with Crippen molar-refractivity contribution in [2.45, 2.75) is 6.61 Å². The number of aromatic amines is 1. The molecule has 0 aliphatic carbocycles. The number of fused-ring (bicyclic) bond motifs is 1. The monoisotopic (exact) mass is 183 g/mol. The van der Waals surface area contributed by atoms with Crippen molar-refractivity contribution >= 4 is 22.5 Å². The summed E-state index contributed by atoms with van der Waals surface area (Å²) in [7, 11) is 0. The van der Waals surface area contributed by atoms with Crippen molar-refractivity contribution < 1.29 is 5.11 Å². The Hall–Kier alpha value is -1.13. The molecular weight excluding hydrogens is 178 g/mol. The van der Waals surface area contributed by atoms with Gasteiger partial charge in [-0.15, -0.1) is 0 Å². The molecule has 12 heavy (non-hydrogen) atoms. The largest absolute Gasteiger partial charge is 0.390 e. The second kappa shape index (κ2) is 2.73. The third-order valence-corrected chi connectivity index (χ3v) is 1.85. The van der Waals surface area contributed by atoms with Crippen LogP contribution < -0.4 is 0 Å². The van der Waals surface area contributed by atoms with E-state index in [9.17, 15) is 0 Å². The Bertz CT molecular complexity index is 412. The predicted molar refractivity (Wildman–Crippen MR) is 44.8 cm³/mol. The number of halogens is 1. The van der Waals surface area contributed by atoms with Crippen LogP contribution in [0.2, 0.25) is 5.15 Å². The highest BCUT2D eigenvalue weighted by molar-refractivity contribution is 6.30. The van der Waals surface area contributed by atoms with E-state index < -0.39 is 0 Å². The lowest BCUT2D eigenvalue weighted by molar-refractivity contribution is 0.278. The molecule has 2 rings (SSSR count). The van der Waals surface area contributed by atoms with Gasteiger partial charge in [-0.25, -0.2) is 4.98 Å². The first-order chi connectivity index (χ1) is 5.81. The molecule has 0 aliphatic heterocycles. The second-order valence-electron chi connectivity index (χ2n) is 2.38. The average Bonchev–Trinajstić information content (AvgIpc) is 2.46. The van der Waals surface area contributed by atoms with Gasteiger partial charge in [0.2, 0.25) is 0 Å². The van der Waals surface area contributed by atoms with Gasteiger partial charge in [0.1, 0.15) is 5.15 Å². The fraction of sp³-hybridized carbons (Fsp3) is 0.143. The van der Waals surface area contributed by atoms with E-state index in [1.807, 2.05) is 0 Å². The number of rotatable bonds is 1. The molecule has 62 valence electrons. The van der Waals surface area contributed by atoms with Crippen molar-refractivity contribution in [3.8, 4) is 0 Å². The summed E-state index contributed by atoms with van der Waals surface area (Å²) >= 11 is 5.65. The number of hydrogen-bond acceptors (Lipinski definition) is 3. The lowest BCUT2D eigenvalue weighted by Gasteiger charge is -1.90. The molecule has 2 heterocycles. The number of aromatic nitrogens is 3. The summed E-state index contributed by atoms with van der Waals surface area (Å²) in [6.45, 7) is -0.0939. The van der Waals surface area contributed by atoms with Crippen LogP contribution in [-0.4, -0.2) is 20.3 Å². The van der Waals surface area contributed by atoms with Gasteiger partial charge in [-0.2, -0.15) is 5.10 Å². The van der Waals surface area contributed by atoms with E-state index in [0.717, 1.165) is 10.9 Å². The van der Waals surface area contributed by atoms with Crippen LogP contribution in [0.5, 0.6) is 0 Å². The summed E-state index contributed by atoms with van der Waals surface area (Å²) < 4.78 is 0. The van der Waals surface area contributed by atoms with Crippen LogP contribution in [0, 0.1) is 0 Å². The molecule has 0 saturated heterocycles. The van der Waals surface area contributed by atoms with Gasteiger partial charge in [0.05, 0.1) is 17.8 Å². The number of nitrogens with one attached hydrogen (secondary N) is 1. The lowest BCUT2D eigenvalue weighted by atomic mass is 10.3. The number of aliphatic hydroxyl groups excluding tert-OH is 1. The van der Waals surface area contributed by atoms with Gasteiger partial charge in [0.15, 0.2) is 0 Å². The zero-order chi connectivity index (χ0) is 8.55. The van der Waals surface area contributed by atoms with Crippen LogP contribution in [-0.2, 0) is 6.61 Å². The first-order valence-corrected chi connectivity index (χ1v) is 3.78. The maximum Gasteiger partial charge on any atom is 0.131 e. The van der Waals surface area contributed by atoms with Gasteiger partial charge in [-0.05, 0) is 0 Å². The summed E-state index contributed by atoms with van der Waals surface area (Å²) in [5.74, 6) is 0. The Morgan fingerprint density at radius 1 is 1.58 bits per heavy atom. The van der Waals surface area contributed by atoms with E-state index >= 15 is 0 Å². The number of nitrogens with zero attached hydrogens (tertiary/aromatic N) is 2. The molecule has 0 fully saturated rings. The summed E-state index contributed by atoms with van der Waals surface area (Å²) in [6, 6.07) is 1.67. The van der Waals surface area contributed by atoms with Gasteiger partial charge in [0, 0.05) is 17.6 Å². The smallest absolute Gasteiger partial charge is 0.131 e. The van der Waals surface area contributed by atoms with Crippen molar-refractivity contribution in [3.63, 3.8) is 0 Å². The summed E-state index contributed by atoms with van der Waals surface area (Å²) in [5.41, 5.74) is 1.38. The fourth-order valence-corrected chi connectivity index (χ4v) is 1.22. The Kier molecular flexibility index (Phi) is 1.71. The highest BCUT2D eigenvalue weighted by atomic mass is 35.5. The fourth-order valence-electron chi connectivity index (χ4n) is 1.06. The van der Waals surface area contributed by atoms with E-state index in [4.69, 9.17) is 16.7 Å². The highest BCUT2D eigenvalue weighted by Crippen LogP contribution is 2.17. The first-order valence-electron chi connectivity index (χ1n) is 3.40. The van der Waals surface area contributed by atoms with Crippen molar-refractivity contribution in [2.75, 3.05) is 0 Å². The first kappa shape index (κ1) is 7.52. The lowest BCUT2D eigenvalue weighted by Crippen LogP contribution is -1.83. The molecule has 0 unspecified atom stereocenters. The summed E-state index contributed by atoms with van der Waals surface area (Å²) in [5, 5.41) is 16.7. The topological polar surface area (TPSA) is 61.8 Å². The normalized spacial score (nSPS) is 10.8. The molecule has 0 saturated carbocycles. The van der Waals surface area contributed by atoms with E-state index in [1.165, 1.54) is 0 Å². The van der Waals surface area contributed by atoms with Gasteiger partial charge < -0.3 is 5.11 Å². The Morgan fingerprint density at radius 2 is 2.42 bits per heavy atom. The number of aliphatic hydroxyl groups is 1. The highest BCUT2D eigenvalue weighted by Gasteiger charge is 2.04. The maximum atomic E-state index is 8.85. The second-order valence-corrected chi connectivity index (χ2v) is 2.77. The molecule has 2 aromatic heterocycles. The van der Waals surface area contributed by atoms with Crippen molar-refractivity contribution in [2.24, 2.45) is 0 Å². The van der Waals surface area contributed by atoms with Crippen LogP contribution in [0.3, 0.4) is 0 Å². The van der Waals surface area contributed by atoms with Gasteiger partial charge in [-0.3, -0.25) is 5.10 Å². The standard InChI is InChI=1S/C7H6ClN3O/c8-7-1-5-4(2-9-7)6(3-12)11-10-5/h1-2,12H,3H2,(H,10,11). The van der Waals surface area contributed by atoms with E-state index in [0.29, 0.717) is 10.8 Å². The third kappa shape index (κ3) is 1.05. The van der Waals surface area contributed by atoms with Gasteiger partial charge >= 0.3 is 0 Å². The minimum atomic E-state index is -0.0939. The summed E-state index contributed by atoms with van der Waals surface area (Å²) in [6.07, 6.45) is 1.59. The zero-order valence-corrected chi connectivity index (χ0v) is 6.84. The quantitative estimate of drug-likeness (QED) is 0.651. The minimum absolute atomic E-state index is 0.0939. The zero-order valence-electron chi connectivity index (χ0n) is 6.08. The Morgan fingerprint density at radius 3 is 3.17 bits per heavy atom. The molecule has 4 nitrogen and oxygen atoms in total. The molecule has 0 aromatic carbocycles. The van der Waals surface area contributed by atoms with Crippen LogP contribution >= 0.6 is 11.6 Å². The SMILES string of the molecule is OCc1n[nH]c2cc(Cl)ncc12. The average molecular weight is 184 g/mol. The molecule has 5 heteroatoms. The van der Waals surface area contributed by atoms with Crippen LogP contribution in [0.15, 0.2) is 12.3 Å². The Labute approximate surface area is 73.2 Å². The van der Waals surface area contributed by atoms with Gasteiger partial charge in [-0.1, -0.05) is 11.6 Å². The number of hydrogen-bond donors (Lipinski definition) is 2. The van der Waals surface area contributed by atoms with Crippen molar-refractivity contribution in [3.05, 3.63) is 23.1 Å². The molecule has 0 bridgehead atoms. The third-order valence-electron chi connectivity index (χ3n) is 1.64. The van der Waals surface area contributed by atoms with Crippen molar-refractivity contribution in [1.82, 2.24) is 15.2 Å². The molecule has 0 radical (unpaired) electrons. The van der Waals surface area contributed by atoms with E-state index in [-0.39, 0.29) is 6.61 Å². The number of H-pyrrole nitrogens is 1. The van der Waals surface area contributed by atoms with Crippen molar-refractivity contribution in [1.29, 1.82) is 0 Å². The predicted octanol–water partition coefficient (Wildman–Crippen LogP) is 1.10. The van der Waals surface area contributed by atoms with Crippen LogP contribution in [0.1, 0.15) is 5.69 Å². The van der Waals surface area contributed by atoms with E-state index in [2.05, 4.69) is 15.2 Å². The van der Waals surface area contributed by atoms with Crippen LogP contribution in [0.4, 0.5) is 0 Å². The molecular formula is C7H6ClN3O. The molecule has 2 aromatic rings. The van der Waals surface area contributed by atoms with Gasteiger partial charge in [0.25, 0.3) is 0 Å². The van der Waals surface area contributed by atoms with E-state index in [1.54, 1.807) is 12.3 Å². The maximum absolute atomic E-state index is 8.85. The molecule has 0 atom stereocenters. The molecule has 0 aliphatic rings. The minimum Gasteiger partial charge on any atom is -0.390 e. The summed E-state index contributed by atoms with van der Waals surface area (Å²) in [4.78, 5) is 3.88. The molecule has 2 N–H and O–H groups in total. The molecule has 0 spiro atoms.